The van der Waals surface area contributed by atoms with Crippen LogP contribution in [0.15, 0.2) is 18.2 Å². The van der Waals surface area contributed by atoms with E-state index in [1.54, 1.807) is 0 Å². The number of fused-ring (bicyclic) bond motifs is 1. The van der Waals surface area contributed by atoms with E-state index < -0.39 is 0 Å². The lowest BCUT2D eigenvalue weighted by Gasteiger charge is -2.18. The van der Waals surface area contributed by atoms with Crippen LogP contribution in [0.2, 0.25) is 0 Å². The van der Waals surface area contributed by atoms with E-state index in [1.165, 1.54) is 36.1 Å². The van der Waals surface area contributed by atoms with Gasteiger partial charge < -0.3 is 10.6 Å². The number of rotatable bonds is 4. The highest BCUT2D eigenvalue weighted by atomic mass is 14.9. The predicted molar refractivity (Wildman–Crippen MR) is 70.8 cm³/mol. The fraction of sp³-hybridized carbons (Fsp3) is 0.600. The number of nitrogens with one attached hydrogen (secondary N) is 2. The van der Waals surface area contributed by atoms with Gasteiger partial charge in [-0.1, -0.05) is 25.1 Å². The molecule has 1 aliphatic heterocycles. The van der Waals surface area contributed by atoms with E-state index in [4.69, 9.17) is 0 Å². The van der Waals surface area contributed by atoms with Crippen LogP contribution in [-0.4, -0.2) is 13.1 Å². The molecule has 1 saturated carbocycles. The van der Waals surface area contributed by atoms with Crippen LogP contribution in [0.5, 0.6) is 0 Å². The molecule has 1 fully saturated rings. The minimum absolute atomic E-state index is 0.939. The van der Waals surface area contributed by atoms with Crippen molar-refractivity contribution >= 4 is 0 Å². The Kier molecular flexibility index (Phi) is 3.17. The first kappa shape index (κ1) is 11.2. The molecule has 1 aromatic rings. The molecule has 17 heavy (non-hydrogen) atoms. The van der Waals surface area contributed by atoms with Crippen LogP contribution in [0, 0.1) is 11.8 Å². The van der Waals surface area contributed by atoms with Crippen molar-refractivity contribution in [2.24, 2.45) is 11.8 Å². The van der Waals surface area contributed by atoms with Crippen molar-refractivity contribution in [1.29, 1.82) is 0 Å². The van der Waals surface area contributed by atoms with Crippen LogP contribution in [-0.2, 0) is 19.5 Å². The molecule has 0 spiro atoms. The summed E-state index contributed by atoms with van der Waals surface area (Å²) in [7, 11) is 0. The highest BCUT2D eigenvalue weighted by Gasteiger charge is 2.31. The molecule has 2 atom stereocenters. The molecular weight excluding hydrogens is 208 g/mol. The third-order valence-electron chi connectivity index (χ3n) is 4.17. The van der Waals surface area contributed by atoms with E-state index >= 15 is 0 Å². The third kappa shape index (κ3) is 2.70. The summed E-state index contributed by atoms with van der Waals surface area (Å²) in [5.74, 6) is 1.89. The molecule has 0 aromatic heterocycles. The van der Waals surface area contributed by atoms with Gasteiger partial charge in [-0.05, 0) is 54.5 Å². The summed E-state index contributed by atoms with van der Waals surface area (Å²) in [5.41, 5.74) is 4.46. The van der Waals surface area contributed by atoms with E-state index in [1.807, 2.05) is 0 Å². The van der Waals surface area contributed by atoms with Gasteiger partial charge >= 0.3 is 0 Å². The Morgan fingerprint density at radius 3 is 3.06 bits per heavy atom. The normalized spacial score (nSPS) is 26.6. The van der Waals surface area contributed by atoms with Crippen molar-refractivity contribution in [2.45, 2.75) is 32.9 Å². The summed E-state index contributed by atoms with van der Waals surface area (Å²) in [4.78, 5) is 0. The van der Waals surface area contributed by atoms with E-state index in [2.05, 4.69) is 35.8 Å². The van der Waals surface area contributed by atoms with Gasteiger partial charge in [0.25, 0.3) is 0 Å². The van der Waals surface area contributed by atoms with Gasteiger partial charge in [0.05, 0.1) is 0 Å². The molecule has 2 heteroatoms. The number of hydrogen-bond acceptors (Lipinski definition) is 2. The van der Waals surface area contributed by atoms with Gasteiger partial charge in [0.15, 0.2) is 0 Å². The van der Waals surface area contributed by atoms with Crippen LogP contribution >= 0.6 is 0 Å². The van der Waals surface area contributed by atoms with Gasteiger partial charge in [-0.25, -0.2) is 0 Å². The molecule has 2 N–H and O–H groups in total. The Bertz CT molecular complexity index is 400. The highest BCUT2D eigenvalue weighted by molar-refractivity contribution is 5.33. The average molecular weight is 230 g/mol. The first-order chi connectivity index (χ1) is 8.33. The molecule has 1 aliphatic carbocycles. The maximum atomic E-state index is 3.58. The number of hydrogen-bond donors (Lipinski definition) is 2. The average Bonchev–Trinajstić information content (AvgIpc) is 3.05. The van der Waals surface area contributed by atoms with Crippen molar-refractivity contribution in [2.75, 3.05) is 13.1 Å². The highest BCUT2D eigenvalue weighted by Crippen LogP contribution is 2.36. The zero-order valence-electron chi connectivity index (χ0n) is 10.6. The van der Waals surface area contributed by atoms with Crippen molar-refractivity contribution < 1.29 is 0 Å². The molecule has 2 unspecified atom stereocenters. The predicted octanol–water partition coefficient (Wildman–Crippen LogP) is 2.08. The molecule has 92 valence electrons. The Balaban J connectivity index is 1.55. The Morgan fingerprint density at radius 2 is 2.24 bits per heavy atom. The van der Waals surface area contributed by atoms with E-state index in [9.17, 15) is 0 Å². The van der Waals surface area contributed by atoms with E-state index in [0.717, 1.165) is 31.5 Å². The lowest BCUT2D eigenvalue weighted by atomic mass is 9.98. The maximum Gasteiger partial charge on any atom is 0.0208 e. The second-order valence-electron chi connectivity index (χ2n) is 5.63. The zero-order valence-corrected chi connectivity index (χ0v) is 10.6. The van der Waals surface area contributed by atoms with Gasteiger partial charge in [0.1, 0.15) is 0 Å². The monoisotopic (exact) mass is 230 g/mol. The van der Waals surface area contributed by atoms with Crippen LogP contribution < -0.4 is 10.6 Å². The lowest BCUT2D eigenvalue weighted by molar-refractivity contribution is 0.608. The van der Waals surface area contributed by atoms with Crippen molar-refractivity contribution in [3.05, 3.63) is 34.9 Å². The van der Waals surface area contributed by atoms with Crippen LogP contribution in [0.3, 0.4) is 0 Å². The minimum Gasteiger partial charge on any atom is -0.312 e. The Morgan fingerprint density at radius 1 is 1.35 bits per heavy atom. The van der Waals surface area contributed by atoms with Crippen LogP contribution in [0.1, 0.15) is 30.0 Å². The lowest BCUT2D eigenvalue weighted by Crippen LogP contribution is -2.24. The molecule has 3 rings (SSSR count). The summed E-state index contributed by atoms with van der Waals surface area (Å²) in [6.07, 6.45) is 2.60. The smallest absolute Gasteiger partial charge is 0.0208 e. The molecule has 0 radical (unpaired) electrons. The van der Waals surface area contributed by atoms with Crippen LogP contribution in [0.4, 0.5) is 0 Å². The fourth-order valence-electron chi connectivity index (χ4n) is 2.73. The zero-order chi connectivity index (χ0) is 11.7. The Hall–Kier alpha value is -0.860. The molecule has 1 aromatic carbocycles. The second kappa shape index (κ2) is 4.79. The quantitative estimate of drug-likeness (QED) is 0.827. The molecule has 2 nitrogen and oxygen atoms in total. The molecule has 2 aliphatic rings. The Labute approximate surface area is 104 Å². The third-order valence-corrected chi connectivity index (χ3v) is 4.17. The summed E-state index contributed by atoms with van der Waals surface area (Å²) in [6.45, 7) is 6.73. The summed E-state index contributed by atoms with van der Waals surface area (Å²) >= 11 is 0. The SMILES string of the molecule is CC1CC1CNCc1ccc2c(c1)CNCC2. The molecule has 0 saturated heterocycles. The minimum atomic E-state index is 0.939. The number of benzene rings is 1. The van der Waals surface area contributed by atoms with E-state index in [0.29, 0.717) is 0 Å². The summed E-state index contributed by atoms with van der Waals surface area (Å²) < 4.78 is 0. The fourth-order valence-corrected chi connectivity index (χ4v) is 2.73. The van der Waals surface area contributed by atoms with E-state index in [-0.39, 0.29) is 0 Å². The van der Waals surface area contributed by atoms with Crippen molar-refractivity contribution in [3.8, 4) is 0 Å². The van der Waals surface area contributed by atoms with Crippen molar-refractivity contribution in [1.82, 2.24) is 10.6 Å². The second-order valence-corrected chi connectivity index (χ2v) is 5.63. The summed E-state index contributed by atoms with van der Waals surface area (Å²) in [6, 6.07) is 6.96. The maximum absolute atomic E-state index is 3.58. The topological polar surface area (TPSA) is 24.1 Å². The molecular formula is C15H22N2. The van der Waals surface area contributed by atoms with Gasteiger partial charge in [-0.15, -0.1) is 0 Å². The largest absolute Gasteiger partial charge is 0.312 e. The standard InChI is InChI=1S/C15H22N2/c1-11-6-14(11)9-17-8-12-2-3-13-4-5-16-10-15(13)7-12/h2-3,7,11,14,16-17H,4-6,8-10H2,1H3. The van der Waals surface area contributed by atoms with Gasteiger partial charge in [0.2, 0.25) is 0 Å². The summed E-state index contributed by atoms with van der Waals surface area (Å²) in [5, 5.41) is 7.02. The molecule has 1 heterocycles. The van der Waals surface area contributed by atoms with Crippen LogP contribution in [0.25, 0.3) is 0 Å². The van der Waals surface area contributed by atoms with Crippen molar-refractivity contribution in [3.63, 3.8) is 0 Å². The molecule has 0 bridgehead atoms. The van der Waals surface area contributed by atoms with Gasteiger partial charge in [-0.3, -0.25) is 0 Å². The first-order valence-electron chi connectivity index (χ1n) is 6.85. The first-order valence-corrected chi connectivity index (χ1v) is 6.85. The van der Waals surface area contributed by atoms with Gasteiger partial charge in [-0.2, -0.15) is 0 Å². The molecule has 0 amide bonds. The van der Waals surface area contributed by atoms with Gasteiger partial charge in [0, 0.05) is 13.1 Å².